The van der Waals surface area contributed by atoms with Gasteiger partial charge in [0.15, 0.2) is 0 Å². The van der Waals surface area contributed by atoms with Gasteiger partial charge in [-0.25, -0.2) is 0 Å². The van der Waals surface area contributed by atoms with E-state index in [1.807, 2.05) is 0 Å². The molecule has 2 atom stereocenters. The first kappa shape index (κ1) is 13.3. The molecule has 1 rings (SSSR count). The molecule has 1 fully saturated rings. The van der Waals surface area contributed by atoms with Crippen LogP contribution in [0.4, 0.5) is 0 Å². The van der Waals surface area contributed by atoms with Crippen molar-refractivity contribution in [2.45, 2.75) is 44.9 Å². The van der Waals surface area contributed by atoms with Crippen LogP contribution < -0.4 is 5.73 Å². The Morgan fingerprint density at radius 1 is 1.47 bits per heavy atom. The first-order valence-electron chi connectivity index (χ1n) is 5.98. The van der Waals surface area contributed by atoms with Crippen molar-refractivity contribution in [2.24, 2.45) is 11.1 Å². The summed E-state index contributed by atoms with van der Waals surface area (Å²) in [5.41, 5.74) is 6.03. The van der Waals surface area contributed by atoms with Gasteiger partial charge in [0.2, 0.25) is 0 Å². The van der Waals surface area contributed by atoms with Crippen LogP contribution in [0.2, 0.25) is 0 Å². The normalized spacial score (nSPS) is 28.4. The van der Waals surface area contributed by atoms with E-state index in [0.29, 0.717) is 0 Å². The highest BCUT2D eigenvalue weighted by Gasteiger charge is 2.28. The minimum atomic E-state index is 0.247. The Hall–Kier alpha value is 0.270. The Morgan fingerprint density at radius 2 is 2.13 bits per heavy atom. The second kappa shape index (κ2) is 5.55. The number of hydrogen-bond donors (Lipinski definition) is 1. The van der Waals surface area contributed by atoms with E-state index in [1.54, 1.807) is 0 Å². The first-order chi connectivity index (χ1) is 6.96. The minimum absolute atomic E-state index is 0.247. The predicted octanol–water partition coefficient (Wildman–Crippen LogP) is 2.19. The van der Waals surface area contributed by atoms with Crippen LogP contribution >= 0.6 is 11.8 Å². The fourth-order valence-corrected chi connectivity index (χ4v) is 3.61. The summed E-state index contributed by atoms with van der Waals surface area (Å²) in [6.45, 7) is 8.75. The van der Waals surface area contributed by atoms with Gasteiger partial charge in [-0.3, -0.25) is 0 Å². The average molecular weight is 230 g/mol. The van der Waals surface area contributed by atoms with Crippen molar-refractivity contribution >= 4 is 11.8 Å². The summed E-state index contributed by atoms with van der Waals surface area (Å²) in [6, 6.07) is 0.745. The van der Waals surface area contributed by atoms with Gasteiger partial charge in [0.1, 0.15) is 0 Å². The van der Waals surface area contributed by atoms with Gasteiger partial charge in [-0.2, -0.15) is 11.8 Å². The number of hydrogen-bond acceptors (Lipinski definition) is 3. The van der Waals surface area contributed by atoms with E-state index in [1.165, 1.54) is 18.6 Å². The van der Waals surface area contributed by atoms with E-state index < -0.39 is 0 Å². The van der Waals surface area contributed by atoms with Crippen molar-refractivity contribution in [3.63, 3.8) is 0 Å². The molecule has 2 nitrogen and oxygen atoms in total. The number of nitrogens with zero attached hydrogens (tertiary/aromatic N) is 1. The lowest BCUT2D eigenvalue weighted by atomic mass is 9.92. The molecular weight excluding hydrogens is 204 g/mol. The highest BCUT2D eigenvalue weighted by atomic mass is 32.2. The largest absolute Gasteiger partial charge is 0.330 e. The van der Waals surface area contributed by atoms with Gasteiger partial charge in [0, 0.05) is 17.8 Å². The third-order valence-corrected chi connectivity index (χ3v) is 4.73. The minimum Gasteiger partial charge on any atom is -0.330 e. The molecule has 2 unspecified atom stereocenters. The maximum absolute atomic E-state index is 5.79. The van der Waals surface area contributed by atoms with E-state index in [4.69, 9.17) is 5.73 Å². The fourth-order valence-electron chi connectivity index (χ4n) is 2.34. The summed E-state index contributed by atoms with van der Waals surface area (Å²) >= 11 is 2.12. The zero-order chi connectivity index (χ0) is 11.5. The summed E-state index contributed by atoms with van der Waals surface area (Å²) in [4.78, 5) is 2.52. The Morgan fingerprint density at radius 3 is 2.67 bits per heavy atom. The lowest BCUT2D eigenvalue weighted by Gasteiger charge is -2.39. The molecule has 3 heteroatoms. The predicted molar refractivity (Wildman–Crippen MR) is 70.4 cm³/mol. The Balaban J connectivity index is 2.48. The maximum Gasteiger partial charge on any atom is 0.0209 e. The van der Waals surface area contributed by atoms with E-state index in [0.717, 1.165) is 24.4 Å². The van der Waals surface area contributed by atoms with Crippen LogP contribution in [-0.4, -0.2) is 42.1 Å². The first-order valence-corrected chi connectivity index (χ1v) is 7.03. The monoisotopic (exact) mass is 230 g/mol. The smallest absolute Gasteiger partial charge is 0.0209 e. The highest BCUT2D eigenvalue weighted by Crippen LogP contribution is 2.29. The topological polar surface area (TPSA) is 29.3 Å². The van der Waals surface area contributed by atoms with Gasteiger partial charge in [-0.15, -0.1) is 0 Å². The van der Waals surface area contributed by atoms with Crippen molar-refractivity contribution in [1.82, 2.24) is 4.90 Å². The van der Waals surface area contributed by atoms with Crippen molar-refractivity contribution < 1.29 is 0 Å². The van der Waals surface area contributed by atoms with Gasteiger partial charge in [0.05, 0.1) is 0 Å². The van der Waals surface area contributed by atoms with E-state index >= 15 is 0 Å². The fraction of sp³-hybridized carbons (Fsp3) is 1.00. The van der Waals surface area contributed by atoms with Crippen LogP contribution in [0.15, 0.2) is 0 Å². The molecule has 1 saturated heterocycles. The van der Waals surface area contributed by atoms with Crippen LogP contribution in [0.1, 0.15) is 33.6 Å². The van der Waals surface area contributed by atoms with Gasteiger partial charge >= 0.3 is 0 Å². The third-order valence-electron chi connectivity index (χ3n) is 3.36. The Kier molecular flexibility index (Phi) is 4.94. The SMILES string of the molecule is CC1SCCCC1N(C)CC(C)(C)CN. The molecule has 1 aliphatic rings. The number of rotatable bonds is 4. The third kappa shape index (κ3) is 3.97. The molecule has 15 heavy (non-hydrogen) atoms. The molecule has 0 aromatic rings. The zero-order valence-corrected chi connectivity index (χ0v) is 11.4. The van der Waals surface area contributed by atoms with Gasteiger partial charge in [0.25, 0.3) is 0 Å². The second-order valence-corrected chi connectivity index (χ2v) is 7.05. The summed E-state index contributed by atoms with van der Waals surface area (Å²) in [5.74, 6) is 1.34. The van der Waals surface area contributed by atoms with Gasteiger partial charge < -0.3 is 10.6 Å². The van der Waals surface area contributed by atoms with E-state index in [-0.39, 0.29) is 5.41 Å². The molecule has 0 radical (unpaired) electrons. The van der Waals surface area contributed by atoms with Crippen LogP contribution in [0.25, 0.3) is 0 Å². The molecule has 1 aliphatic heterocycles. The maximum atomic E-state index is 5.79. The lowest BCUT2D eigenvalue weighted by Crippen LogP contribution is -2.46. The summed E-state index contributed by atoms with van der Waals surface area (Å²) in [7, 11) is 2.25. The average Bonchev–Trinajstić information content (AvgIpc) is 2.17. The quantitative estimate of drug-likeness (QED) is 0.803. The summed E-state index contributed by atoms with van der Waals surface area (Å²) < 4.78 is 0. The van der Waals surface area contributed by atoms with Crippen LogP contribution in [0.5, 0.6) is 0 Å². The molecule has 0 aromatic heterocycles. The summed E-state index contributed by atoms with van der Waals surface area (Å²) in [6.07, 6.45) is 2.72. The molecule has 1 heterocycles. The zero-order valence-electron chi connectivity index (χ0n) is 10.6. The second-order valence-electron chi connectivity index (χ2n) is 5.57. The van der Waals surface area contributed by atoms with E-state index in [2.05, 4.69) is 44.5 Å². The molecule has 0 aromatic carbocycles. The number of thioether (sulfide) groups is 1. The highest BCUT2D eigenvalue weighted by molar-refractivity contribution is 7.99. The molecule has 0 spiro atoms. The van der Waals surface area contributed by atoms with Crippen LogP contribution in [0, 0.1) is 5.41 Å². The van der Waals surface area contributed by atoms with Crippen molar-refractivity contribution in [1.29, 1.82) is 0 Å². The molecular formula is C12H26N2S. The standard InChI is InChI=1S/C12H26N2S/c1-10-11(6-5-7-15-10)14(4)9-12(2,3)8-13/h10-11H,5-9,13H2,1-4H3. The van der Waals surface area contributed by atoms with E-state index in [9.17, 15) is 0 Å². The van der Waals surface area contributed by atoms with Crippen molar-refractivity contribution in [3.05, 3.63) is 0 Å². The Bertz CT molecular complexity index is 194. The molecule has 2 N–H and O–H groups in total. The molecule has 0 saturated carbocycles. The van der Waals surface area contributed by atoms with Crippen molar-refractivity contribution in [3.8, 4) is 0 Å². The van der Waals surface area contributed by atoms with Crippen LogP contribution in [-0.2, 0) is 0 Å². The summed E-state index contributed by atoms with van der Waals surface area (Å²) in [5, 5.41) is 0.775. The molecule has 90 valence electrons. The Labute approximate surface area is 99.0 Å². The van der Waals surface area contributed by atoms with Crippen LogP contribution in [0.3, 0.4) is 0 Å². The van der Waals surface area contributed by atoms with Gasteiger partial charge in [-0.1, -0.05) is 20.8 Å². The van der Waals surface area contributed by atoms with Gasteiger partial charge in [-0.05, 0) is 37.6 Å². The molecule has 0 bridgehead atoms. The molecule has 0 amide bonds. The molecule has 0 aliphatic carbocycles. The number of nitrogens with two attached hydrogens (primary N) is 1. The lowest BCUT2D eigenvalue weighted by molar-refractivity contribution is 0.155. The van der Waals surface area contributed by atoms with Crippen molar-refractivity contribution in [2.75, 3.05) is 25.9 Å².